The Morgan fingerprint density at radius 1 is 1.04 bits per heavy atom. The highest BCUT2D eigenvalue weighted by atomic mass is 16.2. The number of pyridine rings is 2. The highest BCUT2D eigenvalue weighted by molar-refractivity contribution is 5.81. The Labute approximate surface area is 153 Å². The molecule has 5 nitrogen and oxygen atoms in total. The molecule has 0 saturated heterocycles. The first-order valence-electron chi connectivity index (χ1n) is 8.61. The van der Waals surface area contributed by atoms with Gasteiger partial charge in [-0.2, -0.15) is 0 Å². The predicted octanol–water partition coefficient (Wildman–Crippen LogP) is 3.36. The zero-order valence-corrected chi connectivity index (χ0v) is 14.7. The van der Waals surface area contributed by atoms with E-state index in [2.05, 4.69) is 15.3 Å². The molecule has 5 heteroatoms. The van der Waals surface area contributed by atoms with Gasteiger partial charge in [0.1, 0.15) is 0 Å². The third-order valence-electron chi connectivity index (χ3n) is 4.06. The van der Waals surface area contributed by atoms with Gasteiger partial charge in [0, 0.05) is 30.8 Å². The summed E-state index contributed by atoms with van der Waals surface area (Å²) in [6.07, 6.45) is 5.30. The van der Waals surface area contributed by atoms with Gasteiger partial charge in [0.25, 0.3) is 0 Å². The molecule has 0 aliphatic heterocycles. The Morgan fingerprint density at radius 3 is 2.54 bits per heavy atom. The van der Waals surface area contributed by atoms with Crippen molar-refractivity contribution in [3.63, 3.8) is 0 Å². The summed E-state index contributed by atoms with van der Waals surface area (Å²) in [5, 5.41) is 3.02. The number of nitrogens with one attached hydrogen (secondary N) is 1. The van der Waals surface area contributed by atoms with Crippen LogP contribution < -0.4 is 10.2 Å². The number of rotatable bonds is 7. The first-order chi connectivity index (χ1) is 12.7. The van der Waals surface area contributed by atoms with Gasteiger partial charge in [0.2, 0.25) is 5.91 Å². The molecule has 1 atom stereocenters. The van der Waals surface area contributed by atoms with Crippen LogP contribution in [0.4, 0.5) is 5.69 Å². The molecule has 1 N–H and O–H groups in total. The summed E-state index contributed by atoms with van der Waals surface area (Å²) in [5.74, 6) is -0.0455. The van der Waals surface area contributed by atoms with Crippen molar-refractivity contribution < 1.29 is 4.79 Å². The van der Waals surface area contributed by atoms with Crippen molar-refractivity contribution in [2.45, 2.75) is 19.5 Å². The van der Waals surface area contributed by atoms with E-state index in [-0.39, 0.29) is 18.5 Å². The molecule has 0 fully saturated rings. The van der Waals surface area contributed by atoms with Crippen molar-refractivity contribution >= 4 is 11.6 Å². The fourth-order valence-electron chi connectivity index (χ4n) is 2.76. The maximum atomic E-state index is 12.6. The van der Waals surface area contributed by atoms with Crippen molar-refractivity contribution in [2.24, 2.45) is 0 Å². The number of hydrogen-bond donors (Lipinski definition) is 1. The summed E-state index contributed by atoms with van der Waals surface area (Å²) in [5.41, 5.74) is 2.90. The summed E-state index contributed by atoms with van der Waals surface area (Å²) in [4.78, 5) is 23.1. The van der Waals surface area contributed by atoms with E-state index in [0.29, 0.717) is 6.54 Å². The van der Waals surface area contributed by atoms with E-state index >= 15 is 0 Å². The van der Waals surface area contributed by atoms with Crippen molar-refractivity contribution in [1.29, 1.82) is 0 Å². The van der Waals surface area contributed by atoms with Gasteiger partial charge in [-0.1, -0.05) is 30.3 Å². The van der Waals surface area contributed by atoms with E-state index in [9.17, 15) is 4.79 Å². The standard InChI is InChI=1S/C21H22N4O/c1-17(20-11-5-6-13-23-20)24-21(26)16-25(19-9-3-2-4-10-19)15-18-8-7-12-22-14-18/h2-14,17H,15-16H2,1H3,(H,24,26)/t17-/m0/s1. The molecule has 0 unspecified atom stereocenters. The zero-order valence-electron chi connectivity index (χ0n) is 14.7. The average molecular weight is 346 g/mol. The number of amides is 1. The summed E-state index contributed by atoms with van der Waals surface area (Å²) in [6, 6.07) is 19.4. The minimum atomic E-state index is -0.139. The van der Waals surface area contributed by atoms with Crippen LogP contribution in [0.15, 0.2) is 79.3 Å². The van der Waals surface area contributed by atoms with Gasteiger partial charge < -0.3 is 10.2 Å². The van der Waals surface area contributed by atoms with Gasteiger partial charge in [-0.25, -0.2) is 0 Å². The summed E-state index contributed by atoms with van der Waals surface area (Å²) in [7, 11) is 0. The lowest BCUT2D eigenvalue weighted by molar-refractivity contribution is -0.120. The highest BCUT2D eigenvalue weighted by Gasteiger charge is 2.15. The fourth-order valence-corrected chi connectivity index (χ4v) is 2.76. The number of carbonyl (C=O) groups is 1. The smallest absolute Gasteiger partial charge is 0.240 e. The average Bonchev–Trinajstić information content (AvgIpc) is 2.69. The van der Waals surface area contributed by atoms with Crippen molar-refractivity contribution in [1.82, 2.24) is 15.3 Å². The quantitative estimate of drug-likeness (QED) is 0.713. The molecule has 3 aromatic rings. The molecular weight excluding hydrogens is 324 g/mol. The van der Waals surface area contributed by atoms with Crippen LogP contribution in [0.2, 0.25) is 0 Å². The lowest BCUT2D eigenvalue weighted by Crippen LogP contribution is -2.38. The topological polar surface area (TPSA) is 58.1 Å². The van der Waals surface area contributed by atoms with Crippen LogP contribution in [0.3, 0.4) is 0 Å². The molecule has 1 aromatic carbocycles. The van der Waals surface area contributed by atoms with Crippen molar-refractivity contribution in [2.75, 3.05) is 11.4 Å². The lowest BCUT2D eigenvalue weighted by atomic mass is 10.2. The molecule has 3 rings (SSSR count). The summed E-state index contributed by atoms with van der Waals surface area (Å²) < 4.78 is 0. The van der Waals surface area contributed by atoms with Gasteiger partial charge in [-0.15, -0.1) is 0 Å². The summed E-state index contributed by atoms with van der Waals surface area (Å²) in [6.45, 7) is 2.81. The van der Waals surface area contributed by atoms with E-state index < -0.39 is 0 Å². The van der Waals surface area contributed by atoms with Crippen LogP contribution in [0.1, 0.15) is 24.2 Å². The zero-order chi connectivity index (χ0) is 18.2. The van der Waals surface area contributed by atoms with Gasteiger partial charge in [0.05, 0.1) is 18.3 Å². The number of anilines is 1. The Morgan fingerprint density at radius 2 is 1.85 bits per heavy atom. The van der Waals surface area contributed by atoms with E-state index in [4.69, 9.17) is 0 Å². The van der Waals surface area contributed by atoms with E-state index in [0.717, 1.165) is 16.9 Å². The third kappa shape index (κ3) is 4.89. The molecule has 0 radical (unpaired) electrons. The van der Waals surface area contributed by atoms with Crippen LogP contribution in [-0.4, -0.2) is 22.4 Å². The highest BCUT2D eigenvalue weighted by Crippen LogP contribution is 2.16. The molecule has 2 aromatic heterocycles. The molecule has 1 amide bonds. The Bertz CT molecular complexity index is 809. The Hall–Kier alpha value is -3.21. The van der Waals surface area contributed by atoms with Crippen molar-refractivity contribution in [3.8, 4) is 0 Å². The van der Waals surface area contributed by atoms with E-state index in [1.54, 1.807) is 12.4 Å². The third-order valence-corrected chi connectivity index (χ3v) is 4.06. The number of benzene rings is 1. The molecule has 0 bridgehead atoms. The SMILES string of the molecule is C[C@H](NC(=O)CN(Cc1cccnc1)c1ccccc1)c1ccccn1. The van der Waals surface area contributed by atoms with Crippen LogP contribution >= 0.6 is 0 Å². The number of aromatic nitrogens is 2. The van der Waals surface area contributed by atoms with Crippen LogP contribution in [-0.2, 0) is 11.3 Å². The fraction of sp³-hybridized carbons (Fsp3) is 0.190. The molecule has 0 saturated carbocycles. The largest absolute Gasteiger partial charge is 0.358 e. The Balaban J connectivity index is 1.70. The maximum absolute atomic E-state index is 12.6. The number of hydrogen-bond acceptors (Lipinski definition) is 4. The Kier molecular flexibility index (Phi) is 5.93. The van der Waals surface area contributed by atoms with Gasteiger partial charge >= 0.3 is 0 Å². The maximum Gasteiger partial charge on any atom is 0.240 e. The van der Waals surface area contributed by atoms with Gasteiger partial charge in [-0.05, 0) is 42.8 Å². The normalized spacial score (nSPS) is 11.6. The monoisotopic (exact) mass is 346 g/mol. The van der Waals surface area contributed by atoms with E-state index in [1.807, 2.05) is 78.7 Å². The second-order valence-corrected chi connectivity index (χ2v) is 6.10. The second-order valence-electron chi connectivity index (χ2n) is 6.10. The predicted molar refractivity (Wildman–Crippen MR) is 103 cm³/mol. The molecule has 0 aliphatic carbocycles. The van der Waals surface area contributed by atoms with Crippen LogP contribution in [0.5, 0.6) is 0 Å². The molecule has 2 heterocycles. The van der Waals surface area contributed by atoms with Crippen LogP contribution in [0.25, 0.3) is 0 Å². The van der Waals surface area contributed by atoms with Crippen LogP contribution in [0, 0.1) is 0 Å². The minimum absolute atomic E-state index is 0.0455. The molecule has 26 heavy (non-hydrogen) atoms. The van der Waals surface area contributed by atoms with Gasteiger partial charge in [0.15, 0.2) is 0 Å². The number of nitrogens with zero attached hydrogens (tertiary/aromatic N) is 3. The molecule has 0 aliphatic rings. The minimum Gasteiger partial charge on any atom is -0.358 e. The molecular formula is C21H22N4O. The second kappa shape index (κ2) is 8.76. The molecule has 132 valence electrons. The first kappa shape index (κ1) is 17.6. The first-order valence-corrected chi connectivity index (χ1v) is 8.61. The lowest BCUT2D eigenvalue weighted by Gasteiger charge is -2.25. The number of carbonyl (C=O) groups excluding carboxylic acids is 1. The number of para-hydroxylation sites is 1. The van der Waals surface area contributed by atoms with Gasteiger partial charge in [-0.3, -0.25) is 14.8 Å². The van der Waals surface area contributed by atoms with Crippen molar-refractivity contribution in [3.05, 3.63) is 90.5 Å². The summed E-state index contributed by atoms with van der Waals surface area (Å²) >= 11 is 0. The molecule has 0 spiro atoms. The van der Waals surface area contributed by atoms with E-state index in [1.165, 1.54) is 0 Å².